The summed E-state index contributed by atoms with van der Waals surface area (Å²) in [5.74, 6) is 0.922. The summed E-state index contributed by atoms with van der Waals surface area (Å²) in [7, 11) is 0. The van der Waals surface area contributed by atoms with E-state index in [0.29, 0.717) is 0 Å². The van der Waals surface area contributed by atoms with Gasteiger partial charge < -0.3 is 13.7 Å². The van der Waals surface area contributed by atoms with Crippen LogP contribution in [0.3, 0.4) is 0 Å². The molecule has 0 spiro atoms. The Kier molecular flexibility index (Phi) is 7.43. The highest BCUT2D eigenvalue weighted by Crippen LogP contribution is 2.53. The van der Waals surface area contributed by atoms with Crippen LogP contribution in [0.5, 0.6) is 5.75 Å². The molecule has 1 aliphatic heterocycles. The van der Waals surface area contributed by atoms with Crippen molar-refractivity contribution in [3.05, 3.63) is 229 Å². The van der Waals surface area contributed by atoms with Gasteiger partial charge in [0.1, 0.15) is 23.0 Å². The fourth-order valence-corrected chi connectivity index (χ4v) is 10.4. The highest BCUT2D eigenvalue weighted by atomic mass is 16.5. The number of furan rings is 1. The third-order valence-electron chi connectivity index (χ3n) is 13.0. The Morgan fingerprint density at radius 1 is 0.393 bits per heavy atom. The van der Waals surface area contributed by atoms with Crippen LogP contribution in [0, 0.1) is 0 Å². The minimum absolute atomic E-state index is 0.0469. The summed E-state index contributed by atoms with van der Waals surface area (Å²) in [4.78, 5) is 0. The number of nitrogens with zero attached hydrogens (tertiary/aromatic N) is 1. The van der Waals surface area contributed by atoms with Crippen LogP contribution in [-0.4, -0.2) is 4.57 Å². The normalized spacial score (nSPS) is 15.0. The third-order valence-corrected chi connectivity index (χ3v) is 13.0. The second-order valence-electron chi connectivity index (χ2n) is 16.3. The molecule has 3 nitrogen and oxygen atoms in total. The number of ether oxygens (including phenoxy) is 1. The van der Waals surface area contributed by atoms with Gasteiger partial charge in [-0.2, -0.15) is 0 Å². The number of para-hydroxylation sites is 3. The molecular formula is C58H37NO2. The molecule has 0 bridgehead atoms. The van der Waals surface area contributed by atoms with E-state index < -0.39 is 0 Å². The van der Waals surface area contributed by atoms with Crippen LogP contribution in [0.25, 0.3) is 93.2 Å². The number of benzene rings is 10. The lowest BCUT2D eigenvalue weighted by Crippen LogP contribution is -2.11. The lowest BCUT2D eigenvalue weighted by Gasteiger charge is -2.20. The Morgan fingerprint density at radius 3 is 1.67 bits per heavy atom. The standard InChI is InChI=1S/C58H37NO2/c1-4-17-36(18-5-1)55-49-34-48-45-28-16-29-46(58(45)61-52(48)35-53(49)60-57(55)37-19-6-2-7-20-37)56-43-26-12-10-24-41(43)54(42-25-11-13-27-44(42)56)38-31-32-51-47(33-38)40-23-14-15-30-50(40)59(51)39-21-8-3-9-22-39/h1-35,55,57H. The molecular weight excluding hydrogens is 743 g/mol. The van der Waals surface area contributed by atoms with Gasteiger partial charge in [0.2, 0.25) is 0 Å². The first-order chi connectivity index (χ1) is 30.3. The SMILES string of the molecule is c1ccc(C2Oc3cc4oc5c(-c6c7ccccc7c(-c7ccc8c(c7)c7ccccc7n8-c7ccccc7)c7ccccc67)cccc5c4cc3C2c2ccccc2)cc1. The Hall–Kier alpha value is -7.88. The molecule has 1 aliphatic rings. The predicted octanol–water partition coefficient (Wildman–Crippen LogP) is 15.6. The molecule has 2 unspecified atom stereocenters. The summed E-state index contributed by atoms with van der Waals surface area (Å²) < 4.78 is 16.2. The molecule has 2 atom stereocenters. The molecule has 13 rings (SSSR count). The third kappa shape index (κ3) is 5.11. The van der Waals surface area contributed by atoms with Crippen LogP contribution in [0.1, 0.15) is 28.7 Å². The van der Waals surface area contributed by atoms with E-state index in [1.807, 2.05) is 0 Å². The van der Waals surface area contributed by atoms with Crippen LogP contribution in [-0.2, 0) is 0 Å². The molecule has 3 heterocycles. The maximum Gasteiger partial charge on any atom is 0.143 e. The van der Waals surface area contributed by atoms with Crippen LogP contribution in [0.15, 0.2) is 217 Å². The van der Waals surface area contributed by atoms with Gasteiger partial charge >= 0.3 is 0 Å². The average Bonchev–Trinajstić information content (AvgIpc) is 4.00. The van der Waals surface area contributed by atoms with Crippen molar-refractivity contribution in [1.29, 1.82) is 0 Å². The van der Waals surface area contributed by atoms with Crippen molar-refractivity contribution in [1.82, 2.24) is 4.57 Å². The second-order valence-corrected chi connectivity index (χ2v) is 16.3. The Labute approximate surface area is 352 Å². The zero-order valence-corrected chi connectivity index (χ0v) is 33.1. The molecule has 0 aliphatic carbocycles. The predicted molar refractivity (Wildman–Crippen MR) is 252 cm³/mol. The lowest BCUT2D eigenvalue weighted by atomic mass is 9.84. The molecule has 0 fully saturated rings. The Balaban J connectivity index is 1.02. The summed E-state index contributed by atoms with van der Waals surface area (Å²) in [6, 6.07) is 76.6. The van der Waals surface area contributed by atoms with E-state index >= 15 is 0 Å². The topological polar surface area (TPSA) is 27.3 Å². The molecule has 2 aromatic heterocycles. The first-order valence-corrected chi connectivity index (χ1v) is 21.1. The molecule has 61 heavy (non-hydrogen) atoms. The smallest absolute Gasteiger partial charge is 0.143 e. The zero-order chi connectivity index (χ0) is 40.0. The summed E-state index contributed by atoms with van der Waals surface area (Å²) in [5, 5.41) is 9.48. The lowest BCUT2D eigenvalue weighted by molar-refractivity contribution is 0.222. The number of rotatable bonds is 5. The van der Waals surface area contributed by atoms with Gasteiger partial charge in [0.25, 0.3) is 0 Å². The number of fused-ring (bicyclic) bond motifs is 9. The van der Waals surface area contributed by atoms with Crippen molar-refractivity contribution in [2.45, 2.75) is 12.0 Å². The van der Waals surface area contributed by atoms with E-state index in [0.717, 1.165) is 44.5 Å². The summed E-state index contributed by atoms with van der Waals surface area (Å²) in [6.07, 6.45) is -0.133. The molecule has 12 aromatic rings. The van der Waals surface area contributed by atoms with Gasteiger partial charge in [-0.1, -0.05) is 170 Å². The minimum atomic E-state index is -0.133. The van der Waals surface area contributed by atoms with Crippen molar-refractivity contribution in [2.75, 3.05) is 0 Å². The fraction of sp³-hybridized carbons (Fsp3) is 0.0345. The summed E-state index contributed by atoms with van der Waals surface area (Å²) in [6.45, 7) is 0. The highest BCUT2D eigenvalue weighted by molar-refractivity contribution is 6.25. The quantitative estimate of drug-likeness (QED) is 0.163. The van der Waals surface area contributed by atoms with Gasteiger partial charge in [-0.15, -0.1) is 0 Å². The van der Waals surface area contributed by atoms with Crippen molar-refractivity contribution < 1.29 is 9.15 Å². The number of hydrogen-bond acceptors (Lipinski definition) is 2. The van der Waals surface area contributed by atoms with E-state index in [1.54, 1.807) is 0 Å². The molecule has 0 saturated carbocycles. The van der Waals surface area contributed by atoms with Crippen molar-refractivity contribution in [3.8, 4) is 33.7 Å². The average molecular weight is 780 g/mol. The monoisotopic (exact) mass is 779 g/mol. The van der Waals surface area contributed by atoms with Crippen molar-refractivity contribution in [3.63, 3.8) is 0 Å². The molecule has 0 N–H and O–H groups in total. The van der Waals surface area contributed by atoms with Gasteiger partial charge in [-0.3, -0.25) is 0 Å². The molecule has 0 amide bonds. The molecule has 286 valence electrons. The van der Waals surface area contributed by atoms with Crippen molar-refractivity contribution in [2.24, 2.45) is 0 Å². The van der Waals surface area contributed by atoms with Gasteiger partial charge in [0.05, 0.1) is 17.0 Å². The van der Waals surface area contributed by atoms with E-state index in [9.17, 15) is 0 Å². The van der Waals surface area contributed by atoms with E-state index in [1.165, 1.54) is 71.2 Å². The molecule has 3 heteroatoms. The van der Waals surface area contributed by atoms with Gasteiger partial charge in [-0.25, -0.2) is 0 Å². The first-order valence-electron chi connectivity index (χ1n) is 21.1. The van der Waals surface area contributed by atoms with Crippen LogP contribution >= 0.6 is 0 Å². The van der Waals surface area contributed by atoms with Gasteiger partial charge in [0, 0.05) is 50.0 Å². The second kappa shape index (κ2) is 13.3. The molecule has 0 radical (unpaired) electrons. The maximum atomic E-state index is 7.00. The highest BCUT2D eigenvalue weighted by Gasteiger charge is 2.37. The molecule has 10 aromatic carbocycles. The van der Waals surface area contributed by atoms with Crippen LogP contribution in [0.2, 0.25) is 0 Å². The number of aromatic nitrogens is 1. The Morgan fingerprint density at radius 2 is 0.967 bits per heavy atom. The molecule has 0 saturated heterocycles. The summed E-state index contributed by atoms with van der Waals surface area (Å²) >= 11 is 0. The zero-order valence-electron chi connectivity index (χ0n) is 33.1. The van der Waals surface area contributed by atoms with Gasteiger partial charge in [-0.05, 0) is 80.2 Å². The largest absolute Gasteiger partial charge is 0.484 e. The minimum Gasteiger partial charge on any atom is -0.484 e. The first kappa shape index (κ1) is 34.0. The maximum absolute atomic E-state index is 7.00. The van der Waals surface area contributed by atoms with Gasteiger partial charge in [0.15, 0.2) is 0 Å². The fourth-order valence-electron chi connectivity index (χ4n) is 10.4. The van der Waals surface area contributed by atoms with Crippen molar-refractivity contribution >= 4 is 65.3 Å². The van der Waals surface area contributed by atoms with Crippen LogP contribution in [0.4, 0.5) is 0 Å². The van der Waals surface area contributed by atoms with E-state index in [2.05, 4.69) is 217 Å². The van der Waals surface area contributed by atoms with Crippen LogP contribution < -0.4 is 4.74 Å². The summed E-state index contributed by atoms with van der Waals surface area (Å²) in [5.41, 5.74) is 13.5. The van der Waals surface area contributed by atoms with E-state index in [4.69, 9.17) is 9.15 Å². The van der Waals surface area contributed by atoms with E-state index in [-0.39, 0.29) is 12.0 Å². The Bertz CT molecular complexity index is 3620. The number of hydrogen-bond donors (Lipinski definition) is 0.